The van der Waals surface area contributed by atoms with Crippen molar-refractivity contribution in [2.45, 2.75) is 13.0 Å². The van der Waals surface area contributed by atoms with Gasteiger partial charge in [0.2, 0.25) is 0 Å². The lowest BCUT2D eigenvalue weighted by molar-refractivity contribution is 0.0944. The number of nitrogens with one attached hydrogen (secondary N) is 1. The average molecular weight is 360 g/mol. The first-order valence-electron chi connectivity index (χ1n) is 8.28. The van der Waals surface area contributed by atoms with Crippen molar-refractivity contribution in [1.82, 2.24) is 14.8 Å². The van der Waals surface area contributed by atoms with Crippen LogP contribution in [0.1, 0.15) is 22.5 Å². The van der Waals surface area contributed by atoms with Gasteiger partial charge in [-0.05, 0) is 44.8 Å². The predicted octanol–water partition coefficient (Wildman–Crippen LogP) is 3.62. The monoisotopic (exact) mass is 359 g/mol. The summed E-state index contributed by atoms with van der Waals surface area (Å²) in [6.07, 6.45) is 2.55. The number of rotatable bonds is 7. The van der Waals surface area contributed by atoms with Crippen molar-refractivity contribution in [3.8, 4) is 0 Å². The van der Waals surface area contributed by atoms with E-state index < -0.39 is 0 Å². The molecule has 1 N–H and O–H groups in total. The van der Waals surface area contributed by atoms with E-state index in [1.54, 1.807) is 12.3 Å². The molecule has 2 heterocycles. The maximum Gasteiger partial charge on any atom is 0.268 e. The first kappa shape index (κ1) is 17.6. The summed E-state index contributed by atoms with van der Waals surface area (Å²) in [5.41, 5.74) is 3.31. The summed E-state index contributed by atoms with van der Waals surface area (Å²) < 4.78 is 7.45. The van der Waals surface area contributed by atoms with E-state index in [2.05, 4.69) is 10.2 Å². The fourth-order valence-corrected chi connectivity index (χ4v) is 2.92. The highest BCUT2D eigenvalue weighted by Crippen LogP contribution is 2.23. The third-order valence-corrected chi connectivity index (χ3v) is 4.33. The molecule has 0 unspecified atom stereocenters. The van der Waals surface area contributed by atoms with Crippen LogP contribution in [-0.4, -0.2) is 42.6 Å². The average Bonchev–Trinajstić information content (AvgIpc) is 3.16. The Bertz CT molecular complexity index is 849. The number of carbonyl (C=O) groups excluding carboxylic acids is 1. The predicted molar refractivity (Wildman–Crippen MR) is 100 cm³/mol. The maximum absolute atomic E-state index is 12.6. The zero-order chi connectivity index (χ0) is 17.8. The van der Waals surface area contributed by atoms with Crippen LogP contribution in [-0.2, 0) is 6.54 Å². The van der Waals surface area contributed by atoms with Crippen LogP contribution >= 0.6 is 11.6 Å². The molecular weight excluding hydrogens is 338 g/mol. The summed E-state index contributed by atoms with van der Waals surface area (Å²) in [4.78, 5) is 14.7. The van der Waals surface area contributed by atoms with Crippen molar-refractivity contribution >= 4 is 28.6 Å². The Morgan fingerprint density at radius 3 is 2.72 bits per heavy atom. The van der Waals surface area contributed by atoms with E-state index >= 15 is 0 Å². The Balaban J connectivity index is 1.79. The number of aromatic nitrogens is 1. The highest BCUT2D eigenvalue weighted by atomic mass is 35.5. The molecule has 0 aliphatic rings. The minimum Gasteiger partial charge on any atom is -0.463 e. The molecule has 1 amide bonds. The lowest BCUT2D eigenvalue weighted by Gasteiger charge is -2.12. The molecular formula is C19H22ClN3O2. The largest absolute Gasteiger partial charge is 0.463 e. The molecule has 2 aromatic heterocycles. The molecule has 0 bridgehead atoms. The van der Waals surface area contributed by atoms with E-state index in [1.165, 1.54) is 0 Å². The maximum atomic E-state index is 12.6. The van der Waals surface area contributed by atoms with Crippen molar-refractivity contribution in [1.29, 1.82) is 0 Å². The molecule has 3 aromatic rings. The summed E-state index contributed by atoms with van der Waals surface area (Å²) in [7, 11) is 4.04. The summed E-state index contributed by atoms with van der Waals surface area (Å²) in [6, 6.07) is 11.3. The molecule has 0 aliphatic heterocycles. The first-order valence-corrected chi connectivity index (χ1v) is 8.66. The van der Waals surface area contributed by atoms with Gasteiger partial charge in [-0.1, -0.05) is 23.7 Å². The van der Waals surface area contributed by atoms with Crippen LogP contribution in [0, 0.1) is 0 Å². The number of halogens is 1. The zero-order valence-corrected chi connectivity index (χ0v) is 15.2. The normalized spacial score (nSPS) is 11.4. The lowest BCUT2D eigenvalue weighted by Crippen LogP contribution is -2.29. The van der Waals surface area contributed by atoms with E-state index in [9.17, 15) is 4.79 Å². The number of hydrogen-bond donors (Lipinski definition) is 1. The molecule has 5 nitrogen and oxygen atoms in total. The van der Waals surface area contributed by atoms with Gasteiger partial charge in [0.25, 0.3) is 5.91 Å². The topological polar surface area (TPSA) is 50.4 Å². The van der Waals surface area contributed by atoms with E-state index in [4.69, 9.17) is 16.0 Å². The van der Waals surface area contributed by atoms with Gasteiger partial charge in [0.05, 0.1) is 11.8 Å². The smallest absolute Gasteiger partial charge is 0.268 e. The fraction of sp³-hybridized carbons (Fsp3) is 0.316. The van der Waals surface area contributed by atoms with Gasteiger partial charge in [-0.25, -0.2) is 0 Å². The number of hydrogen-bond acceptors (Lipinski definition) is 3. The second kappa shape index (κ2) is 7.76. The van der Waals surface area contributed by atoms with E-state index in [1.807, 2.05) is 49.0 Å². The Morgan fingerprint density at radius 2 is 2.00 bits per heavy atom. The Kier molecular flexibility index (Phi) is 5.46. The quantitative estimate of drug-likeness (QED) is 0.655. The Labute approximate surface area is 152 Å². The minimum absolute atomic E-state index is 0.0841. The number of carbonyl (C=O) groups is 1. The molecule has 0 spiro atoms. The van der Waals surface area contributed by atoms with Crippen LogP contribution < -0.4 is 5.32 Å². The van der Waals surface area contributed by atoms with Gasteiger partial charge in [0.15, 0.2) is 5.58 Å². The third-order valence-electron chi connectivity index (χ3n) is 4.08. The second-order valence-electron chi connectivity index (χ2n) is 6.33. The molecule has 3 rings (SSSR count). The second-order valence-corrected chi connectivity index (χ2v) is 6.76. The van der Waals surface area contributed by atoms with Crippen LogP contribution in [0.4, 0.5) is 0 Å². The molecule has 0 atom stereocenters. The summed E-state index contributed by atoms with van der Waals surface area (Å²) in [5.74, 6) is -0.0841. The summed E-state index contributed by atoms with van der Waals surface area (Å²) in [6.45, 7) is 2.17. The van der Waals surface area contributed by atoms with Crippen LogP contribution in [0.3, 0.4) is 0 Å². The highest BCUT2D eigenvalue weighted by molar-refractivity contribution is 6.30. The van der Waals surface area contributed by atoms with E-state index in [0.717, 1.165) is 24.0 Å². The Hall–Kier alpha value is -2.24. The van der Waals surface area contributed by atoms with Crippen molar-refractivity contribution < 1.29 is 9.21 Å². The number of benzene rings is 1. The summed E-state index contributed by atoms with van der Waals surface area (Å²) >= 11 is 5.96. The molecule has 0 saturated carbocycles. The van der Waals surface area contributed by atoms with Gasteiger partial charge in [-0.3, -0.25) is 4.79 Å². The standard InChI is InChI=1S/C19H22ClN3O2/c1-22(2)10-3-9-21-19(24)17-12-18-16(8-11-25-18)23(17)13-14-4-6-15(20)7-5-14/h4-8,11-12H,3,9-10,13H2,1-2H3,(H,21,24). The SMILES string of the molecule is CN(C)CCCNC(=O)c1cc2occc2n1Cc1ccc(Cl)cc1. The van der Waals surface area contributed by atoms with Crippen molar-refractivity contribution in [3.63, 3.8) is 0 Å². The molecule has 132 valence electrons. The highest BCUT2D eigenvalue weighted by Gasteiger charge is 2.17. The van der Waals surface area contributed by atoms with Gasteiger partial charge in [0, 0.05) is 30.2 Å². The van der Waals surface area contributed by atoms with Gasteiger partial charge >= 0.3 is 0 Å². The number of amides is 1. The van der Waals surface area contributed by atoms with Crippen LogP contribution in [0.15, 0.2) is 47.1 Å². The fourth-order valence-electron chi connectivity index (χ4n) is 2.80. The lowest BCUT2D eigenvalue weighted by atomic mass is 10.2. The van der Waals surface area contributed by atoms with Gasteiger partial charge in [0.1, 0.15) is 5.69 Å². The number of fused-ring (bicyclic) bond motifs is 1. The zero-order valence-electron chi connectivity index (χ0n) is 14.5. The number of furan rings is 1. The molecule has 0 fully saturated rings. The summed E-state index contributed by atoms with van der Waals surface area (Å²) in [5, 5.41) is 3.69. The van der Waals surface area contributed by atoms with Crippen LogP contribution in [0.25, 0.3) is 11.1 Å². The van der Waals surface area contributed by atoms with Crippen LogP contribution in [0.2, 0.25) is 5.02 Å². The molecule has 1 aromatic carbocycles. The molecule has 25 heavy (non-hydrogen) atoms. The molecule has 0 saturated heterocycles. The van der Waals surface area contributed by atoms with Gasteiger partial charge in [-0.15, -0.1) is 0 Å². The van der Waals surface area contributed by atoms with E-state index in [0.29, 0.717) is 29.4 Å². The Morgan fingerprint density at radius 1 is 1.24 bits per heavy atom. The number of nitrogens with zero attached hydrogens (tertiary/aromatic N) is 2. The van der Waals surface area contributed by atoms with Crippen molar-refractivity contribution in [2.24, 2.45) is 0 Å². The van der Waals surface area contributed by atoms with Gasteiger partial charge in [-0.2, -0.15) is 0 Å². The molecule has 0 aliphatic carbocycles. The third kappa shape index (κ3) is 4.24. The first-order chi connectivity index (χ1) is 12.0. The molecule has 6 heteroatoms. The van der Waals surface area contributed by atoms with Crippen molar-refractivity contribution in [3.05, 3.63) is 58.9 Å². The van der Waals surface area contributed by atoms with Gasteiger partial charge < -0.3 is 19.2 Å². The van der Waals surface area contributed by atoms with Crippen molar-refractivity contribution in [2.75, 3.05) is 27.2 Å². The minimum atomic E-state index is -0.0841. The molecule has 0 radical (unpaired) electrons. The van der Waals surface area contributed by atoms with E-state index in [-0.39, 0.29) is 5.91 Å². The van der Waals surface area contributed by atoms with Crippen LogP contribution in [0.5, 0.6) is 0 Å².